The van der Waals surface area contributed by atoms with E-state index in [-0.39, 0.29) is 5.91 Å². The van der Waals surface area contributed by atoms with E-state index in [0.29, 0.717) is 37.7 Å². The molecule has 2 aromatic heterocycles. The summed E-state index contributed by atoms with van der Waals surface area (Å²) in [6.45, 7) is 2.24. The second-order valence-corrected chi connectivity index (χ2v) is 7.87. The number of H-pyrrole nitrogens is 1. The average molecular weight is 417 g/mol. The Hall–Kier alpha value is -3.29. The maximum Gasteiger partial charge on any atom is 0.257 e. The fraction of sp³-hybridized carbons (Fsp3) is 0.174. The molecular weight excluding hydrogens is 396 g/mol. The molecule has 2 aromatic carbocycles. The fourth-order valence-electron chi connectivity index (χ4n) is 3.46. The zero-order valence-electron chi connectivity index (χ0n) is 16.2. The van der Waals surface area contributed by atoms with Crippen LogP contribution >= 0.6 is 11.3 Å². The molecule has 0 saturated carbocycles. The van der Waals surface area contributed by atoms with Gasteiger partial charge in [0.25, 0.3) is 5.91 Å². The molecule has 0 unspecified atom stereocenters. The number of nitrogens with one attached hydrogen (secondary N) is 1. The van der Waals surface area contributed by atoms with Crippen molar-refractivity contribution >= 4 is 39.9 Å². The number of carbonyl (C=O) groups is 1. The van der Waals surface area contributed by atoms with Gasteiger partial charge in [-0.05, 0) is 18.2 Å². The highest BCUT2D eigenvalue weighted by Crippen LogP contribution is 2.27. The molecule has 3 heterocycles. The molecule has 0 radical (unpaired) electrons. The summed E-state index contributed by atoms with van der Waals surface area (Å²) in [5.74, 6) is 0.494. The number of fused-ring (bicyclic) bond motifs is 1. The van der Waals surface area contributed by atoms with Gasteiger partial charge in [0.1, 0.15) is 10.8 Å². The molecule has 0 atom stereocenters. The van der Waals surface area contributed by atoms with Crippen LogP contribution < -0.4 is 0 Å². The summed E-state index contributed by atoms with van der Waals surface area (Å²) in [5.41, 5.74) is 4.05. The molecule has 1 amide bonds. The molecule has 6 nitrogen and oxygen atoms in total. The van der Waals surface area contributed by atoms with Crippen molar-refractivity contribution in [2.75, 3.05) is 26.3 Å². The molecule has 5 rings (SSSR count). The Morgan fingerprint density at radius 1 is 1.03 bits per heavy atom. The molecule has 150 valence electrons. The molecule has 7 heteroatoms. The number of morpholine rings is 1. The highest BCUT2D eigenvalue weighted by atomic mass is 32.1. The van der Waals surface area contributed by atoms with Crippen molar-refractivity contribution in [1.29, 1.82) is 0 Å². The molecule has 1 fully saturated rings. The van der Waals surface area contributed by atoms with Crippen LogP contribution in [0.3, 0.4) is 0 Å². The average Bonchev–Trinajstić information content (AvgIpc) is 3.45. The number of nitrogens with zero attached hydrogens (tertiary/aromatic N) is 3. The van der Waals surface area contributed by atoms with Gasteiger partial charge in [0, 0.05) is 24.0 Å². The van der Waals surface area contributed by atoms with Crippen LogP contribution in [0.15, 0.2) is 60.0 Å². The number of ether oxygens (including phenoxy) is 1. The van der Waals surface area contributed by atoms with Gasteiger partial charge in [0.2, 0.25) is 0 Å². The van der Waals surface area contributed by atoms with E-state index < -0.39 is 0 Å². The lowest BCUT2D eigenvalue weighted by Crippen LogP contribution is -2.41. The number of imidazole rings is 1. The predicted octanol–water partition coefficient (Wildman–Crippen LogP) is 4.09. The van der Waals surface area contributed by atoms with Crippen LogP contribution in [0, 0.1) is 0 Å². The largest absolute Gasteiger partial charge is 0.378 e. The Kier molecular flexibility index (Phi) is 5.13. The van der Waals surface area contributed by atoms with Crippen LogP contribution in [-0.4, -0.2) is 52.1 Å². The summed E-state index contributed by atoms with van der Waals surface area (Å²) in [4.78, 5) is 27.9. The van der Waals surface area contributed by atoms with Gasteiger partial charge in [0.05, 0.1) is 35.5 Å². The standard InChI is InChI=1S/C23H20N4O2S/c28-23(27-10-12-29-13-11-27)18(21-25-19-8-4-5-9-20(19)26-21)14-17-15-30-22(24-17)16-6-2-1-3-7-16/h1-9,14-15H,10-13H2,(H,25,26). The maximum atomic E-state index is 13.4. The quantitative estimate of drug-likeness (QED) is 0.509. The molecule has 4 aromatic rings. The van der Waals surface area contributed by atoms with Crippen LogP contribution in [0.1, 0.15) is 11.5 Å². The number of rotatable bonds is 4. The first kappa shape index (κ1) is 18.7. The minimum absolute atomic E-state index is 0.0633. The van der Waals surface area contributed by atoms with Gasteiger partial charge >= 0.3 is 0 Å². The summed E-state index contributed by atoms with van der Waals surface area (Å²) in [6, 6.07) is 17.8. The van der Waals surface area contributed by atoms with E-state index >= 15 is 0 Å². The molecule has 1 saturated heterocycles. The molecule has 0 spiro atoms. The maximum absolute atomic E-state index is 13.4. The van der Waals surface area contributed by atoms with Crippen molar-refractivity contribution in [1.82, 2.24) is 19.9 Å². The summed E-state index contributed by atoms with van der Waals surface area (Å²) < 4.78 is 5.41. The van der Waals surface area contributed by atoms with Gasteiger partial charge in [-0.25, -0.2) is 9.97 Å². The van der Waals surface area contributed by atoms with Gasteiger partial charge in [-0.3, -0.25) is 4.79 Å². The highest BCUT2D eigenvalue weighted by Gasteiger charge is 2.24. The summed E-state index contributed by atoms with van der Waals surface area (Å²) in [5, 5.41) is 2.89. The smallest absolute Gasteiger partial charge is 0.257 e. The number of carbonyl (C=O) groups excluding carboxylic acids is 1. The lowest BCUT2D eigenvalue weighted by atomic mass is 10.1. The first-order valence-electron chi connectivity index (χ1n) is 9.83. The van der Waals surface area contributed by atoms with Crippen LogP contribution in [0.5, 0.6) is 0 Å². The molecule has 1 aliphatic heterocycles. The number of aromatic amines is 1. The van der Waals surface area contributed by atoms with Crippen molar-refractivity contribution in [3.8, 4) is 10.6 Å². The van der Waals surface area contributed by atoms with Crippen LogP contribution in [0.2, 0.25) is 0 Å². The number of hydrogen-bond donors (Lipinski definition) is 1. The topological polar surface area (TPSA) is 71.1 Å². The van der Waals surface area contributed by atoms with Gasteiger partial charge < -0.3 is 14.6 Å². The third-order valence-corrected chi connectivity index (χ3v) is 5.92. The number of amides is 1. The fourth-order valence-corrected chi connectivity index (χ4v) is 4.25. The van der Waals surface area contributed by atoms with Crippen LogP contribution in [0.25, 0.3) is 33.3 Å². The Morgan fingerprint density at radius 3 is 2.60 bits per heavy atom. The van der Waals surface area contributed by atoms with Crippen molar-refractivity contribution in [3.63, 3.8) is 0 Å². The minimum Gasteiger partial charge on any atom is -0.378 e. The van der Waals surface area contributed by atoms with Crippen molar-refractivity contribution in [3.05, 3.63) is 71.5 Å². The van der Waals surface area contributed by atoms with E-state index in [2.05, 4.69) is 9.97 Å². The van der Waals surface area contributed by atoms with Gasteiger partial charge in [-0.2, -0.15) is 0 Å². The second-order valence-electron chi connectivity index (χ2n) is 7.01. The van der Waals surface area contributed by atoms with Gasteiger partial charge in [0.15, 0.2) is 0 Å². The van der Waals surface area contributed by atoms with E-state index in [1.54, 1.807) is 11.3 Å². The van der Waals surface area contributed by atoms with E-state index in [1.165, 1.54) is 0 Å². The first-order chi connectivity index (χ1) is 14.8. The number of para-hydroxylation sites is 2. The summed E-state index contributed by atoms with van der Waals surface area (Å²) in [6.07, 6.45) is 1.83. The Bertz CT molecular complexity index is 1170. The monoisotopic (exact) mass is 416 g/mol. The Balaban J connectivity index is 1.55. The second kappa shape index (κ2) is 8.22. The minimum atomic E-state index is -0.0633. The van der Waals surface area contributed by atoms with Gasteiger partial charge in [-0.15, -0.1) is 11.3 Å². The predicted molar refractivity (Wildman–Crippen MR) is 119 cm³/mol. The van der Waals surface area contributed by atoms with Crippen molar-refractivity contribution < 1.29 is 9.53 Å². The Morgan fingerprint density at radius 2 is 1.80 bits per heavy atom. The summed E-state index contributed by atoms with van der Waals surface area (Å²) >= 11 is 1.56. The molecule has 0 aliphatic carbocycles. The zero-order chi connectivity index (χ0) is 20.3. The summed E-state index contributed by atoms with van der Waals surface area (Å²) in [7, 11) is 0. The van der Waals surface area contributed by atoms with Crippen molar-refractivity contribution in [2.45, 2.75) is 0 Å². The third kappa shape index (κ3) is 3.77. The van der Waals surface area contributed by atoms with Crippen LogP contribution in [-0.2, 0) is 9.53 Å². The van der Waals surface area contributed by atoms with Crippen molar-refractivity contribution in [2.24, 2.45) is 0 Å². The third-order valence-electron chi connectivity index (χ3n) is 5.01. The normalized spacial score (nSPS) is 14.9. The van der Waals surface area contributed by atoms with Crippen LogP contribution in [0.4, 0.5) is 0 Å². The van der Waals surface area contributed by atoms with E-state index in [4.69, 9.17) is 9.72 Å². The first-order valence-corrected chi connectivity index (χ1v) is 10.7. The molecule has 0 bridgehead atoms. The molecular formula is C23H20N4O2S. The molecule has 30 heavy (non-hydrogen) atoms. The number of thiazole rings is 1. The highest BCUT2D eigenvalue weighted by molar-refractivity contribution is 7.13. The van der Waals surface area contributed by atoms with E-state index in [9.17, 15) is 4.79 Å². The molecule has 1 N–H and O–H groups in total. The number of aromatic nitrogens is 3. The number of hydrogen-bond acceptors (Lipinski definition) is 5. The lowest BCUT2D eigenvalue weighted by Gasteiger charge is -2.27. The van der Waals surface area contributed by atoms with Gasteiger partial charge in [-0.1, -0.05) is 42.5 Å². The Labute approximate surface area is 177 Å². The lowest BCUT2D eigenvalue weighted by molar-refractivity contribution is -0.128. The molecule has 1 aliphatic rings. The van der Waals surface area contributed by atoms with E-state index in [0.717, 1.165) is 27.3 Å². The number of benzene rings is 2. The zero-order valence-corrected chi connectivity index (χ0v) is 17.1. The SMILES string of the molecule is O=C(C(=Cc1csc(-c2ccccc2)n1)c1nc2ccccc2[nH]1)N1CCOCC1. The van der Waals surface area contributed by atoms with E-state index in [1.807, 2.05) is 71.0 Å².